The fourth-order valence-corrected chi connectivity index (χ4v) is 4.60. The number of hydrogen-bond donors (Lipinski definition) is 0. The molecule has 1 aromatic carbocycles. The first kappa shape index (κ1) is 24.6. The Morgan fingerprint density at radius 1 is 1.20 bits per heavy atom. The van der Waals surface area contributed by atoms with Crippen LogP contribution in [0.1, 0.15) is 28.7 Å². The number of methoxy groups -OCH3 is 2. The number of carbonyl (C=O) groups excluding carboxylic acids is 2. The number of aryl methyl sites for hydroxylation is 2. The molecule has 186 valence electrons. The molecule has 0 N–H and O–H groups in total. The summed E-state index contributed by atoms with van der Waals surface area (Å²) >= 11 is 6.16. The van der Waals surface area contributed by atoms with Crippen LogP contribution in [0.15, 0.2) is 28.8 Å². The largest absolute Gasteiger partial charge is 0.495 e. The molecule has 1 amide bonds. The van der Waals surface area contributed by atoms with E-state index in [4.69, 9.17) is 25.6 Å². The third-order valence-electron chi connectivity index (χ3n) is 6.12. The van der Waals surface area contributed by atoms with E-state index in [0.717, 1.165) is 5.69 Å². The third-order valence-corrected chi connectivity index (χ3v) is 6.43. The van der Waals surface area contributed by atoms with Crippen molar-refractivity contribution >= 4 is 29.2 Å². The number of amides is 1. The van der Waals surface area contributed by atoms with Gasteiger partial charge >= 0.3 is 5.97 Å². The van der Waals surface area contributed by atoms with Crippen molar-refractivity contribution in [1.82, 2.24) is 19.8 Å². The summed E-state index contributed by atoms with van der Waals surface area (Å²) < 4.78 is 17.0. The van der Waals surface area contributed by atoms with Gasteiger partial charge in [0.2, 0.25) is 5.91 Å². The van der Waals surface area contributed by atoms with Crippen LogP contribution < -0.4 is 9.64 Å². The Kier molecular flexibility index (Phi) is 7.02. The summed E-state index contributed by atoms with van der Waals surface area (Å²) in [5, 5.41) is 9.06. The molecule has 0 saturated carbocycles. The van der Waals surface area contributed by atoms with Crippen LogP contribution in [0, 0.1) is 13.8 Å². The highest BCUT2D eigenvalue weighted by molar-refractivity contribution is 6.32. The van der Waals surface area contributed by atoms with Crippen LogP contribution in [-0.4, -0.2) is 71.6 Å². The van der Waals surface area contributed by atoms with E-state index in [1.807, 2.05) is 30.0 Å². The van der Waals surface area contributed by atoms with Crippen molar-refractivity contribution in [2.45, 2.75) is 33.4 Å². The van der Waals surface area contributed by atoms with E-state index in [-0.39, 0.29) is 24.1 Å². The molecule has 1 fully saturated rings. The molecule has 0 radical (unpaired) electrons. The van der Waals surface area contributed by atoms with Crippen molar-refractivity contribution in [3.05, 3.63) is 46.3 Å². The van der Waals surface area contributed by atoms with Gasteiger partial charge in [0.25, 0.3) is 0 Å². The van der Waals surface area contributed by atoms with E-state index < -0.39 is 5.97 Å². The summed E-state index contributed by atoms with van der Waals surface area (Å²) in [6.07, 6.45) is 0. The van der Waals surface area contributed by atoms with Crippen LogP contribution in [0.2, 0.25) is 5.02 Å². The predicted octanol–water partition coefficient (Wildman–Crippen LogP) is 3.34. The minimum absolute atomic E-state index is 0.0435. The van der Waals surface area contributed by atoms with Crippen molar-refractivity contribution in [1.29, 1.82) is 0 Å². The molecule has 1 aliphatic heterocycles. The fraction of sp³-hybridized carbons (Fsp3) is 0.417. The summed E-state index contributed by atoms with van der Waals surface area (Å²) in [6.45, 7) is 7.26. The number of carbonyl (C=O) groups is 2. The summed E-state index contributed by atoms with van der Waals surface area (Å²) in [4.78, 5) is 29.9. The topological polar surface area (TPSA) is 103 Å². The lowest BCUT2D eigenvalue weighted by Crippen LogP contribution is -2.54. The Labute approximate surface area is 208 Å². The van der Waals surface area contributed by atoms with Crippen LogP contribution in [-0.2, 0) is 16.1 Å². The van der Waals surface area contributed by atoms with Gasteiger partial charge in [0.05, 0.1) is 24.9 Å². The lowest BCUT2D eigenvalue weighted by atomic mass is 10.1. The normalized spacial score (nSPS) is 15.9. The molecule has 1 aliphatic rings. The molecule has 0 aliphatic carbocycles. The fourth-order valence-electron chi connectivity index (χ4n) is 4.41. The molecule has 0 spiro atoms. The van der Waals surface area contributed by atoms with Crippen LogP contribution >= 0.6 is 11.6 Å². The van der Waals surface area contributed by atoms with Gasteiger partial charge in [-0.05, 0) is 32.9 Å². The molecule has 3 heterocycles. The second-order valence-electron chi connectivity index (χ2n) is 8.48. The number of halogens is 1. The second kappa shape index (κ2) is 9.99. The van der Waals surface area contributed by atoms with Gasteiger partial charge < -0.3 is 23.8 Å². The van der Waals surface area contributed by atoms with E-state index in [9.17, 15) is 9.59 Å². The van der Waals surface area contributed by atoms with Crippen molar-refractivity contribution in [3.63, 3.8) is 0 Å². The maximum atomic E-state index is 13.4. The van der Waals surface area contributed by atoms with Gasteiger partial charge in [0.1, 0.15) is 35.0 Å². The SMILES string of the molecule is COC(=O)c1c(C)nn(CC(=O)N2CCN(c3ccc(Cl)c(OC)c3)CC2C)c1-c1cc(C)on1. The molecular weight excluding hydrogens is 474 g/mol. The highest BCUT2D eigenvalue weighted by Crippen LogP contribution is 2.31. The van der Waals surface area contributed by atoms with Gasteiger partial charge in [-0.1, -0.05) is 16.8 Å². The molecule has 35 heavy (non-hydrogen) atoms. The van der Waals surface area contributed by atoms with Crippen molar-refractivity contribution in [2.24, 2.45) is 0 Å². The minimum atomic E-state index is -0.544. The smallest absolute Gasteiger partial charge is 0.342 e. The molecule has 1 atom stereocenters. The van der Waals surface area contributed by atoms with Crippen molar-refractivity contribution in [2.75, 3.05) is 38.8 Å². The number of hydrogen-bond acceptors (Lipinski definition) is 8. The van der Waals surface area contributed by atoms with E-state index in [0.29, 0.717) is 53.2 Å². The van der Waals surface area contributed by atoms with E-state index in [2.05, 4.69) is 15.2 Å². The Morgan fingerprint density at radius 3 is 2.60 bits per heavy atom. The number of nitrogens with zero attached hydrogens (tertiary/aromatic N) is 5. The molecule has 11 heteroatoms. The zero-order valence-electron chi connectivity index (χ0n) is 20.4. The number of ether oxygens (including phenoxy) is 2. The van der Waals surface area contributed by atoms with Crippen LogP contribution in [0.25, 0.3) is 11.4 Å². The Balaban J connectivity index is 1.54. The van der Waals surface area contributed by atoms with Gasteiger partial charge in [0.15, 0.2) is 0 Å². The summed E-state index contributed by atoms with van der Waals surface area (Å²) in [5.74, 6) is 0.543. The van der Waals surface area contributed by atoms with Gasteiger partial charge in [-0.25, -0.2) is 4.79 Å². The Bertz CT molecular complexity index is 1250. The third kappa shape index (κ3) is 4.84. The standard InChI is InChI=1S/C24H28ClN5O5/c1-14-12-28(17-6-7-18(25)20(11-17)33-4)8-9-29(14)21(31)13-30-23(19-10-15(2)35-27-19)22(16(3)26-30)24(32)34-5/h6-7,10-11,14H,8-9,12-13H2,1-5H3. The zero-order chi connectivity index (χ0) is 25.3. The average molecular weight is 502 g/mol. The number of benzene rings is 1. The monoisotopic (exact) mass is 501 g/mol. The highest BCUT2D eigenvalue weighted by atomic mass is 35.5. The van der Waals surface area contributed by atoms with Crippen LogP contribution in [0.3, 0.4) is 0 Å². The van der Waals surface area contributed by atoms with Crippen molar-refractivity contribution < 1.29 is 23.6 Å². The number of anilines is 1. The first-order valence-electron chi connectivity index (χ1n) is 11.2. The first-order valence-corrected chi connectivity index (χ1v) is 11.6. The molecule has 4 rings (SSSR count). The summed E-state index contributed by atoms with van der Waals surface area (Å²) in [7, 11) is 2.89. The van der Waals surface area contributed by atoms with E-state index >= 15 is 0 Å². The second-order valence-corrected chi connectivity index (χ2v) is 8.89. The van der Waals surface area contributed by atoms with Crippen LogP contribution in [0.5, 0.6) is 5.75 Å². The number of piperazine rings is 1. The number of rotatable bonds is 6. The lowest BCUT2D eigenvalue weighted by Gasteiger charge is -2.41. The van der Waals surface area contributed by atoms with Crippen molar-refractivity contribution in [3.8, 4) is 17.1 Å². The maximum absolute atomic E-state index is 13.4. The average Bonchev–Trinajstić information content (AvgIpc) is 3.40. The minimum Gasteiger partial charge on any atom is -0.495 e. The Hall–Kier alpha value is -3.53. The molecule has 1 unspecified atom stereocenters. The maximum Gasteiger partial charge on any atom is 0.342 e. The predicted molar refractivity (Wildman–Crippen MR) is 130 cm³/mol. The van der Waals surface area contributed by atoms with Gasteiger partial charge in [-0.3, -0.25) is 9.48 Å². The molecule has 3 aromatic rings. The van der Waals surface area contributed by atoms with E-state index in [1.54, 1.807) is 27.0 Å². The quantitative estimate of drug-likeness (QED) is 0.474. The van der Waals surface area contributed by atoms with Gasteiger partial charge in [0, 0.05) is 43.5 Å². The zero-order valence-corrected chi connectivity index (χ0v) is 21.1. The molecule has 0 bridgehead atoms. The number of esters is 1. The van der Waals surface area contributed by atoms with Gasteiger partial charge in [-0.2, -0.15) is 5.10 Å². The molecule has 2 aromatic heterocycles. The first-order chi connectivity index (χ1) is 16.7. The van der Waals surface area contributed by atoms with Crippen LogP contribution in [0.4, 0.5) is 5.69 Å². The lowest BCUT2D eigenvalue weighted by molar-refractivity contribution is -0.134. The van der Waals surface area contributed by atoms with E-state index in [1.165, 1.54) is 11.8 Å². The molecule has 10 nitrogen and oxygen atoms in total. The van der Waals surface area contributed by atoms with Gasteiger partial charge in [-0.15, -0.1) is 0 Å². The summed E-state index contributed by atoms with van der Waals surface area (Å²) in [5.41, 5.74) is 2.53. The molecular formula is C24H28ClN5O5. The highest BCUT2D eigenvalue weighted by Gasteiger charge is 2.31. The summed E-state index contributed by atoms with van der Waals surface area (Å²) in [6, 6.07) is 7.31. The molecule has 1 saturated heterocycles. The number of aromatic nitrogens is 3. The Morgan fingerprint density at radius 2 is 1.97 bits per heavy atom.